The molecule has 2 N–H and O–H groups in total. The van der Waals surface area contributed by atoms with Crippen molar-refractivity contribution in [2.24, 2.45) is 11.1 Å². The highest BCUT2D eigenvalue weighted by molar-refractivity contribution is 7.16. The Bertz CT molecular complexity index is 581. The van der Waals surface area contributed by atoms with Gasteiger partial charge in [0.1, 0.15) is 5.01 Å². The van der Waals surface area contributed by atoms with Gasteiger partial charge in [0.2, 0.25) is 4.96 Å². The number of fused-ring (bicyclic) bond motifs is 1. The molecule has 3 rings (SSSR count). The van der Waals surface area contributed by atoms with E-state index in [-0.39, 0.29) is 5.41 Å². The summed E-state index contributed by atoms with van der Waals surface area (Å²) in [5, 5.41) is 14.5. The highest BCUT2D eigenvalue weighted by atomic mass is 32.1. The summed E-state index contributed by atoms with van der Waals surface area (Å²) in [5.41, 5.74) is 5.96. The van der Waals surface area contributed by atoms with Crippen LogP contribution >= 0.6 is 11.3 Å². The second-order valence-electron chi connectivity index (χ2n) is 6.58. The van der Waals surface area contributed by atoms with E-state index in [4.69, 9.17) is 10.8 Å². The molecular formula is C14H23N5S. The first-order chi connectivity index (χ1) is 9.59. The number of hydrogen-bond donors (Lipinski definition) is 1. The minimum atomic E-state index is 0.289. The molecule has 20 heavy (non-hydrogen) atoms. The predicted octanol–water partition coefficient (Wildman–Crippen LogP) is 2.76. The van der Waals surface area contributed by atoms with E-state index in [1.165, 1.54) is 24.3 Å². The van der Waals surface area contributed by atoms with Crippen molar-refractivity contribution in [1.29, 1.82) is 0 Å². The summed E-state index contributed by atoms with van der Waals surface area (Å²) in [6.07, 6.45) is 6.96. The van der Waals surface area contributed by atoms with Crippen LogP contribution in [-0.2, 0) is 6.42 Å². The molecule has 0 spiro atoms. The van der Waals surface area contributed by atoms with Gasteiger partial charge in [0.15, 0.2) is 5.82 Å². The van der Waals surface area contributed by atoms with Crippen molar-refractivity contribution < 1.29 is 0 Å². The van der Waals surface area contributed by atoms with Gasteiger partial charge in [-0.3, -0.25) is 0 Å². The molecule has 1 fully saturated rings. The van der Waals surface area contributed by atoms with E-state index in [1.54, 1.807) is 11.3 Å². The Kier molecular flexibility index (Phi) is 3.77. The third-order valence-corrected chi connectivity index (χ3v) is 5.32. The Labute approximate surface area is 123 Å². The molecule has 6 heteroatoms. The summed E-state index contributed by atoms with van der Waals surface area (Å²) in [7, 11) is 0. The molecule has 110 valence electrons. The van der Waals surface area contributed by atoms with Crippen LogP contribution in [0.3, 0.4) is 0 Å². The zero-order valence-corrected chi connectivity index (χ0v) is 13.1. The van der Waals surface area contributed by atoms with Crippen LogP contribution < -0.4 is 5.73 Å². The van der Waals surface area contributed by atoms with Gasteiger partial charge in [-0.25, -0.2) is 0 Å². The Morgan fingerprint density at radius 3 is 2.75 bits per heavy atom. The Hall–Kier alpha value is -1.01. The first-order valence-corrected chi connectivity index (χ1v) is 8.32. The quantitative estimate of drug-likeness (QED) is 0.889. The monoisotopic (exact) mass is 293 g/mol. The average molecular weight is 293 g/mol. The molecule has 2 aromatic rings. The van der Waals surface area contributed by atoms with E-state index in [0.29, 0.717) is 5.92 Å². The molecule has 0 aliphatic heterocycles. The van der Waals surface area contributed by atoms with Gasteiger partial charge >= 0.3 is 0 Å². The molecule has 0 atom stereocenters. The molecule has 1 aliphatic rings. The molecule has 0 saturated heterocycles. The third-order valence-electron chi connectivity index (χ3n) is 4.36. The first-order valence-electron chi connectivity index (χ1n) is 7.50. The van der Waals surface area contributed by atoms with Gasteiger partial charge in [-0.2, -0.15) is 9.61 Å². The van der Waals surface area contributed by atoms with Gasteiger partial charge in [-0.1, -0.05) is 31.6 Å². The summed E-state index contributed by atoms with van der Waals surface area (Å²) < 4.78 is 1.97. The molecule has 0 amide bonds. The summed E-state index contributed by atoms with van der Waals surface area (Å²) >= 11 is 1.68. The van der Waals surface area contributed by atoms with Crippen LogP contribution in [0.5, 0.6) is 0 Å². The SMILES string of the molecule is CC(C)(CCN)CCc1nn2c(C3CCC3)nnc2s1. The van der Waals surface area contributed by atoms with Crippen LogP contribution in [0, 0.1) is 5.41 Å². The van der Waals surface area contributed by atoms with Gasteiger partial charge in [0, 0.05) is 12.3 Å². The molecule has 1 saturated carbocycles. The molecule has 1 aliphatic carbocycles. The molecule has 2 aromatic heterocycles. The molecule has 0 radical (unpaired) electrons. The summed E-state index contributed by atoms with van der Waals surface area (Å²) in [5.74, 6) is 1.64. The van der Waals surface area contributed by atoms with Crippen LogP contribution in [0.2, 0.25) is 0 Å². The van der Waals surface area contributed by atoms with Gasteiger partial charge in [-0.15, -0.1) is 10.2 Å². The topological polar surface area (TPSA) is 69.1 Å². The third kappa shape index (κ3) is 2.72. The second-order valence-corrected chi connectivity index (χ2v) is 7.62. The molecule has 0 unspecified atom stereocenters. The highest BCUT2D eigenvalue weighted by Gasteiger charge is 2.26. The summed E-state index contributed by atoms with van der Waals surface area (Å²) in [4.78, 5) is 0.943. The Morgan fingerprint density at radius 1 is 1.30 bits per heavy atom. The standard InChI is InChI=1S/C14H23N5S/c1-14(2,8-9-15)7-6-11-18-19-12(10-4-3-5-10)16-17-13(19)20-11/h10H,3-9,15H2,1-2H3. The van der Waals surface area contributed by atoms with Crippen molar-refractivity contribution in [2.45, 2.75) is 58.3 Å². The maximum absolute atomic E-state index is 5.67. The van der Waals surface area contributed by atoms with E-state index in [9.17, 15) is 0 Å². The average Bonchev–Trinajstić information content (AvgIpc) is 2.86. The minimum Gasteiger partial charge on any atom is -0.330 e. The van der Waals surface area contributed by atoms with E-state index >= 15 is 0 Å². The van der Waals surface area contributed by atoms with Crippen LogP contribution in [0.4, 0.5) is 0 Å². The van der Waals surface area contributed by atoms with Crippen molar-refractivity contribution >= 4 is 16.3 Å². The normalized spacial score (nSPS) is 16.8. The fraction of sp³-hybridized carbons (Fsp3) is 0.786. The number of aromatic nitrogens is 4. The second kappa shape index (κ2) is 5.41. The van der Waals surface area contributed by atoms with Crippen molar-refractivity contribution in [3.05, 3.63) is 10.8 Å². The largest absolute Gasteiger partial charge is 0.330 e. The molecular weight excluding hydrogens is 270 g/mol. The number of hydrogen-bond acceptors (Lipinski definition) is 5. The predicted molar refractivity (Wildman–Crippen MR) is 81.0 cm³/mol. The van der Waals surface area contributed by atoms with Crippen molar-refractivity contribution in [3.63, 3.8) is 0 Å². The van der Waals surface area contributed by atoms with Crippen molar-refractivity contribution in [3.8, 4) is 0 Å². The lowest BCUT2D eigenvalue weighted by molar-refractivity contribution is 0.313. The van der Waals surface area contributed by atoms with E-state index < -0.39 is 0 Å². The lowest BCUT2D eigenvalue weighted by Gasteiger charge is -2.23. The summed E-state index contributed by atoms with van der Waals surface area (Å²) in [6, 6.07) is 0. The van der Waals surface area contributed by atoms with Gasteiger partial charge < -0.3 is 5.73 Å². The first kappa shape index (κ1) is 13.9. The van der Waals surface area contributed by atoms with Crippen LogP contribution in [0.25, 0.3) is 4.96 Å². The van der Waals surface area contributed by atoms with Gasteiger partial charge in [0.05, 0.1) is 0 Å². The number of nitrogens with two attached hydrogens (primary N) is 1. The fourth-order valence-electron chi connectivity index (χ4n) is 2.65. The minimum absolute atomic E-state index is 0.289. The fourth-order valence-corrected chi connectivity index (χ4v) is 3.49. The Morgan fingerprint density at radius 2 is 2.10 bits per heavy atom. The van der Waals surface area contributed by atoms with E-state index in [0.717, 1.165) is 36.6 Å². The number of aryl methyl sites for hydroxylation is 1. The molecule has 5 nitrogen and oxygen atoms in total. The maximum Gasteiger partial charge on any atom is 0.234 e. The zero-order valence-electron chi connectivity index (χ0n) is 12.3. The number of nitrogens with zero attached hydrogens (tertiary/aromatic N) is 4. The van der Waals surface area contributed by atoms with E-state index in [1.807, 2.05) is 4.52 Å². The lowest BCUT2D eigenvalue weighted by atomic mass is 9.84. The lowest BCUT2D eigenvalue weighted by Crippen LogP contribution is -2.18. The number of rotatable bonds is 6. The zero-order chi connectivity index (χ0) is 14.2. The van der Waals surface area contributed by atoms with Gasteiger partial charge in [-0.05, 0) is 37.6 Å². The van der Waals surface area contributed by atoms with E-state index in [2.05, 4.69) is 24.0 Å². The summed E-state index contributed by atoms with van der Waals surface area (Å²) in [6.45, 7) is 5.31. The highest BCUT2D eigenvalue weighted by Crippen LogP contribution is 2.36. The van der Waals surface area contributed by atoms with Crippen LogP contribution in [0.15, 0.2) is 0 Å². The van der Waals surface area contributed by atoms with Crippen LogP contribution in [0.1, 0.15) is 62.7 Å². The molecule has 2 heterocycles. The van der Waals surface area contributed by atoms with Gasteiger partial charge in [0.25, 0.3) is 0 Å². The Balaban J connectivity index is 1.71. The molecule has 0 bridgehead atoms. The van der Waals surface area contributed by atoms with Crippen LogP contribution in [-0.4, -0.2) is 26.4 Å². The van der Waals surface area contributed by atoms with Crippen molar-refractivity contribution in [1.82, 2.24) is 19.8 Å². The smallest absolute Gasteiger partial charge is 0.234 e. The molecule has 0 aromatic carbocycles. The maximum atomic E-state index is 5.67. The van der Waals surface area contributed by atoms with Crippen molar-refractivity contribution in [2.75, 3.05) is 6.54 Å².